The lowest BCUT2D eigenvalue weighted by molar-refractivity contribution is 0.153. The fourth-order valence-corrected chi connectivity index (χ4v) is 3.96. The van der Waals surface area contributed by atoms with Gasteiger partial charge in [-0.3, -0.25) is 0 Å². The van der Waals surface area contributed by atoms with Crippen LogP contribution in [0.2, 0.25) is 0 Å². The first-order valence-electron chi connectivity index (χ1n) is 6.97. The van der Waals surface area contributed by atoms with Crippen molar-refractivity contribution in [3.63, 3.8) is 0 Å². The lowest BCUT2D eigenvalue weighted by Crippen LogP contribution is -2.44. The highest BCUT2D eigenvalue weighted by Crippen LogP contribution is 2.46. The Labute approximate surface area is 105 Å². The van der Waals surface area contributed by atoms with Crippen molar-refractivity contribution in [2.24, 2.45) is 5.92 Å². The number of rotatable bonds is 0. The number of nitrogens with zero attached hydrogens (tertiary/aromatic N) is 1. The molecule has 0 N–H and O–H groups in total. The number of hydrogen-bond acceptors (Lipinski definition) is 1. The van der Waals surface area contributed by atoms with Crippen molar-refractivity contribution in [2.75, 3.05) is 20.1 Å². The molecule has 1 aromatic carbocycles. The molecule has 1 atom stereocenters. The Morgan fingerprint density at radius 3 is 2.65 bits per heavy atom. The van der Waals surface area contributed by atoms with Crippen LogP contribution in [0.15, 0.2) is 24.3 Å². The van der Waals surface area contributed by atoms with Crippen LogP contribution in [-0.2, 0) is 11.8 Å². The molecule has 1 aromatic rings. The third-order valence-corrected chi connectivity index (χ3v) is 4.84. The first-order chi connectivity index (χ1) is 8.20. The molecule has 1 aliphatic carbocycles. The van der Waals surface area contributed by atoms with Gasteiger partial charge in [0.15, 0.2) is 0 Å². The molecule has 0 saturated carbocycles. The maximum Gasteiger partial charge on any atom is -0.00133 e. The largest absolute Gasteiger partial charge is 0.306 e. The van der Waals surface area contributed by atoms with E-state index >= 15 is 0 Å². The lowest BCUT2D eigenvalue weighted by Gasteiger charge is -2.46. The molecule has 1 heterocycles. The second-order valence-electron chi connectivity index (χ2n) is 6.25. The van der Waals surface area contributed by atoms with Crippen LogP contribution < -0.4 is 0 Å². The SMILES string of the molecule is CC1Cc2ccccc2C2(CCN(C)CC2)C1. The topological polar surface area (TPSA) is 3.24 Å². The van der Waals surface area contributed by atoms with E-state index in [1.807, 2.05) is 0 Å². The Balaban J connectivity index is 2.00. The Bertz CT molecular complexity index is 402. The number of benzene rings is 1. The molecule has 1 fully saturated rings. The van der Waals surface area contributed by atoms with Gasteiger partial charge in [-0.25, -0.2) is 0 Å². The highest BCUT2D eigenvalue weighted by Gasteiger charge is 2.40. The van der Waals surface area contributed by atoms with Crippen molar-refractivity contribution in [3.05, 3.63) is 35.4 Å². The zero-order valence-electron chi connectivity index (χ0n) is 11.1. The van der Waals surface area contributed by atoms with Crippen LogP contribution in [0.4, 0.5) is 0 Å². The average molecular weight is 229 g/mol. The second-order valence-corrected chi connectivity index (χ2v) is 6.25. The zero-order valence-corrected chi connectivity index (χ0v) is 11.1. The van der Waals surface area contributed by atoms with Crippen LogP contribution in [0.3, 0.4) is 0 Å². The molecule has 0 radical (unpaired) electrons. The van der Waals surface area contributed by atoms with Crippen molar-refractivity contribution < 1.29 is 0 Å². The molecule has 1 heteroatoms. The van der Waals surface area contributed by atoms with Crippen molar-refractivity contribution in [1.29, 1.82) is 0 Å². The monoisotopic (exact) mass is 229 g/mol. The quantitative estimate of drug-likeness (QED) is 0.660. The molecule has 1 spiro atoms. The van der Waals surface area contributed by atoms with E-state index in [0.29, 0.717) is 5.41 Å². The number of piperidine rings is 1. The highest BCUT2D eigenvalue weighted by atomic mass is 15.1. The molecule has 1 unspecified atom stereocenters. The van der Waals surface area contributed by atoms with E-state index in [2.05, 4.69) is 43.1 Å². The van der Waals surface area contributed by atoms with Crippen LogP contribution in [0.1, 0.15) is 37.3 Å². The molecule has 0 aromatic heterocycles. The number of fused-ring (bicyclic) bond motifs is 2. The molecule has 2 aliphatic rings. The van der Waals surface area contributed by atoms with Crippen LogP contribution in [0, 0.1) is 5.92 Å². The summed E-state index contributed by atoms with van der Waals surface area (Å²) in [5.41, 5.74) is 3.79. The van der Waals surface area contributed by atoms with Gasteiger partial charge in [-0.05, 0) is 68.3 Å². The second kappa shape index (κ2) is 4.13. The predicted molar refractivity (Wildman–Crippen MR) is 72.3 cm³/mol. The van der Waals surface area contributed by atoms with Crippen molar-refractivity contribution >= 4 is 0 Å². The van der Waals surface area contributed by atoms with Gasteiger partial charge in [0.2, 0.25) is 0 Å². The number of hydrogen-bond donors (Lipinski definition) is 0. The number of likely N-dealkylation sites (tertiary alicyclic amines) is 1. The molecule has 0 bridgehead atoms. The highest BCUT2D eigenvalue weighted by molar-refractivity contribution is 5.37. The van der Waals surface area contributed by atoms with Gasteiger partial charge in [-0.2, -0.15) is 0 Å². The fraction of sp³-hybridized carbons (Fsp3) is 0.625. The normalized spacial score (nSPS) is 28.0. The molecule has 1 saturated heterocycles. The molecule has 92 valence electrons. The molecule has 0 amide bonds. The van der Waals surface area contributed by atoms with E-state index in [0.717, 1.165) is 5.92 Å². The first-order valence-corrected chi connectivity index (χ1v) is 6.97. The molecule has 1 nitrogen and oxygen atoms in total. The van der Waals surface area contributed by atoms with E-state index in [9.17, 15) is 0 Å². The van der Waals surface area contributed by atoms with Gasteiger partial charge in [0.25, 0.3) is 0 Å². The Morgan fingerprint density at radius 2 is 1.88 bits per heavy atom. The molecular weight excluding hydrogens is 206 g/mol. The summed E-state index contributed by atoms with van der Waals surface area (Å²) < 4.78 is 0. The van der Waals surface area contributed by atoms with E-state index in [-0.39, 0.29) is 0 Å². The Hall–Kier alpha value is -0.820. The van der Waals surface area contributed by atoms with Gasteiger partial charge < -0.3 is 4.90 Å². The summed E-state index contributed by atoms with van der Waals surface area (Å²) in [6.07, 6.45) is 5.39. The summed E-state index contributed by atoms with van der Waals surface area (Å²) in [5, 5.41) is 0. The van der Waals surface area contributed by atoms with Crippen LogP contribution in [-0.4, -0.2) is 25.0 Å². The van der Waals surface area contributed by atoms with Gasteiger partial charge in [0, 0.05) is 0 Å². The van der Waals surface area contributed by atoms with Gasteiger partial charge in [0.1, 0.15) is 0 Å². The maximum atomic E-state index is 2.48. The smallest absolute Gasteiger partial charge is 0.00133 e. The van der Waals surface area contributed by atoms with E-state index in [4.69, 9.17) is 0 Å². The minimum Gasteiger partial charge on any atom is -0.306 e. The van der Waals surface area contributed by atoms with Gasteiger partial charge >= 0.3 is 0 Å². The molecule has 3 rings (SSSR count). The van der Waals surface area contributed by atoms with Crippen molar-refractivity contribution in [3.8, 4) is 0 Å². The first kappa shape index (κ1) is 11.3. The summed E-state index contributed by atoms with van der Waals surface area (Å²) in [7, 11) is 2.25. The van der Waals surface area contributed by atoms with Gasteiger partial charge in [0.05, 0.1) is 0 Å². The van der Waals surface area contributed by atoms with E-state index in [1.54, 1.807) is 11.1 Å². The van der Waals surface area contributed by atoms with E-state index in [1.165, 1.54) is 38.8 Å². The molecular formula is C16H23N. The minimum absolute atomic E-state index is 0.501. The van der Waals surface area contributed by atoms with Gasteiger partial charge in [-0.15, -0.1) is 0 Å². The van der Waals surface area contributed by atoms with Crippen LogP contribution in [0.5, 0.6) is 0 Å². The van der Waals surface area contributed by atoms with Crippen LogP contribution >= 0.6 is 0 Å². The third-order valence-electron chi connectivity index (χ3n) is 4.84. The average Bonchev–Trinajstić information content (AvgIpc) is 2.33. The molecule has 1 aliphatic heterocycles. The van der Waals surface area contributed by atoms with Gasteiger partial charge in [-0.1, -0.05) is 31.2 Å². The maximum absolute atomic E-state index is 2.48. The summed E-state index contributed by atoms with van der Waals surface area (Å²) in [4.78, 5) is 2.48. The zero-order chi connectivity index (χ0) is 11.9. The lowest BCUT2D eigenvalue weighted by atomic mass is 9.62. The van der Waals surface area contributed by atoms with Crippen LogP contribution in [0.25, 0.3) is 0 Å². The summed E-state index contributed by atoms with van der Waals surface area (Å²) in [6.45, 7) is 4.96. The summed E-state index contributed by atoms with van der Waals surface area (Å²) in [5.74, 6) is 0.855. The Kier molecular flexibility index (Phi) is 2.74. The van der Waals surface area contributed by atoms with E-state index < -0.39 is 0 Å². The van der Waals surface area contributed by atoms with Crippen molar-refractivity contribution in [1.82, 2.24) is 4.90 Å². The minimum atomic E-state index is 0.501. The third kappa shape index (κ3) is 1.91. The summed E-state index contributed by atoms with van der Waals surface area (Å²) in [6, 6.07) is 9.19. The summed E-state index contributed by atoms with van der Waals surface area (Å²) >= 11 is 0. The molecule has 17 heavy (non-hydrogen) atoms. The fourth-order valence-electron chi connectivity index (χ4n) is 3.96. The Morgan fingerprint density at radius 1 is 1.18 bits per heavy atom. The predicted octanol–water partition coefficient (Wildman–Crippen LogP) is 3.23. The standard InChI is InChI=1S/C16H23N/c1-13-11-14-5-3-4-6-15(14)16(12-13)7-9-17(2)10-8-16/h3-6,13H,7-12H2,1-2H3. The van der Waals surface area contributed by atoms with Crippen molar-refractivity contribution in [2.45, 2.75) is 38.0 Å².